The van der Waals surface area contributed by atoms with Crippen LogP contribution in [-0.2, 0) is 0 Å². The van der Waals surface area contributed by atoms with Crippen molar-refractivity contribution in [3.8, 4) is 0 Å². The Kier molecular flexibility index (Phi) is 7.20. The molecule has 0 radical (unpaired) electrons. The maximum atomic E-state index is 13.5. The molecule has 1 N–H and O–H groups in total. The molecule has 0 aliphatic carbocycles. The molecule has 0 aliphatic heterocycles. The molecule has 0 aromatic carbocycles. The molecule has 0 spiro atoms. The fourth-order valence-corrected chi connectivity index (χ4v) is 2.19. The zero-order valence-electron chi connectivity index (χ0n) is 11.9. The van der Waals surface area contributed by atoms with E-state index in [4.69, 9.17) is 5.11 Å². The SMILES string of the molecule is CC(CC(CCCO)C(F)(F)F)CC(F)(C(F)(F)F)C(F)(F)F. The molecule has 0 heterocycles. The van der Waals surface area contributed by atoms with E-state index in [1.807, 2.05) is 0 Å². The van der Waals surface area contributed by atoms with Gasteiger partial charge in [0.2, 0.25) is 0 Å². The second kappa shape index (κ2) is 7.43. The van der Waals surface area contributed by atoms with Gasteiger partial charge in [-0.25, -0.2) is 4.39 Å². The molecule has 0 fully saturated rings. The molecule has 2 atom stereocenters. The average molecular weight is 366 g/mol. The summed E-state index contributed by atoms with van der Waals surface area (Å²) < 4.78 is 126. The normalized spacial score (nSPS) is 17.2. The van der Waals surface area contributed by atoms with Crippen molar-refractivity contribution in [3.63, 3.8) is 0 Å². The first-order valence-corrected chi connectivity index (χ1v) is 6.56. The van der Waals surface area contributed by atoms with Crippen LogP contribution in [0.4, 0.5) is 43.9 Å². The van der Waals surface area contributed by atoms with Crippen molar-refractivity contribution < 1.29 is 49.0 Å². The first kappa shape index (κ1) is 22.3. The first-order valence-electron chi connectivity index (χ1n) is 6.56. The smallest absolute Gasteiger partial charge is 0.396 e. The van der Waals surface area contributed by atoms with E-state index in [2.05, 4.69) is 0 Å². The van der Waals surface area contributed by atoms with Crippen LogP contribution in [0.5, 0.6) is 0 Å². The molecule has 0 rings (SSSR count). The second-order valence-corrected chi connectivity index (χ2v) is 5.45. The van der Waals surface area contributed by atoms with E-state index in [0.717, 1.165) is 0 Å². The molecule has 1 nitrogen and oxygen atoms in total. The van der Waals surface area contributed by atoms with Gasteiger partial charge in [-0.05, 0) is 25.2 Å². The van der Waals surface area contributed by atoms with E-state index in [-0.39, 0.29) is 6.42 Å². The third kappa shape index (κ3) is 6.00. The number of rotatable bonds is 7. The van der Waals surface area contributed by atoms with Crippen LogP contribution < -0.4 is 0 Å². The Balaban J connectivity index is 5.17. The molecule has 140 valence electrons. The molecule has 0 amide bonds. The van der Waals surface area contributed by atoms with Gasteiger partial charge in [0.1, 0.15) is 0 Å². The lowest BCUT2D eigenvalue weighted by molar-refractivity contribution is -0.346. The number of hydrogen-bond acceptors (Lipinski definition) is 1. The Morgan fingerprint density at radius 3 is 1.57 bits per heavy atom. The van der Waals surface area contributed by atoms with Crippen LogP contribution in [0.1, 0.15) is 32.6 Å². The minimum Gasteiger partial charge on any atom is -0.396 e. The summed E-state index contributed by atoms with van der Waals surface area (Å²) in [5.74, 6) is -4.04. The van der Waals surface area contributed by atoms with Crippen LogP contribution in [-0.4, -0.2) is 35.9 Å². The molecule has 0 aromatic rings. The van der Waals surface area contributed by atoms with E-state index < -0.39 is 61.9 Å². The van der Waals surface area contributed by atoms with Gasteiger partial charge < -0.3 is 5.11 Å². The number of aliphatic hydroxyl groups excluding tert-OH is 1. The number of halogens is 10. The molecule has 2 unspecified atom stereocenters. The van der Waals surface area contributed by atoms with Crippen LogP contribution in [0.2, 0.25) is 0 Å². The summed E-state index contributed by atoms with van der Waals surface area (Å²) in [6.07, 6.45) is -21.7. The number of alkyl halides is 10. The highest BCUT2D eigenvalue weighted by Crippen LogP contribution is 2.50. The monoisotopic (exact) mass is 366 g/mol. The predicted octanol–water partition coefficient (Wildman–Crippen LogP) is 5.19. The van der Waals surface area contributed by atoms with Crippen LogP contribution in [0.3, 0.4) is 0 Å². The summed E-state index contributed by atoms with van der Waals surface area (Å²) in [6.45, 7) is 0.0859. The summed E-state index contributed by atoms with van der Waals surface area (Å²) in [7, 11) is 0. The fourth-order valence-electron chi connectivity index (χ4n) is 2.19. The highest BCUT2D eigenvalue weighted by molar-refractivity contribution is 4.96. The first-order chi connectivity index (χ1) is 10.1. The Morgan fingerprint density at radius 2 is 1.26 bits per heavy atom. The topological polar surface area (TPSA) is 20.2 Å². The van der Waals surface area contributed by atoms with E-state index >= 15 is 0 Å². The molecule has 0 bridgehead atoms. The fraction of sp³-hybridized carbons (Fsp3) is 1.00. The molecule has 23 heavy (non-hydrogen) atoms. The lowest BCUT2D eigenvalue weighted by Gasteiger charge is -2.33. The molecule has 0 saturated carbocycles. The van der Waals surface area contributed by atoms with Gasteiger partial charge in [0, 0.05) is 13.0 Å². The minimum absolute atomic E-state index is 0.323. The highest BCUT2D eigenvalue weighted by Gasteiger charge is 2.72. The lowest BCUT2D eigenvalue weighted by atomic mass is 9.84. The van der Waals surface area contributed by atoms with Crippen LogP contribution in [0.25, 0.3) is 0 Å². The van der Waals surface area contributed by atoms with Crippen LogP contribution in [0.15, 0.2) is 0 Å². The highest BCUT2D eigenvalue weighted by atomic mass is 19.4. The van der Waals surface area contributed by atoms with Gasteiger partial charge in [0.05, 0.1) is 5.92 Å². The van der Waals surface area contributed by atoms with Crippen molar-refractivity contribution in [2.45, 2.75) is 56.8 Å². The van der Waals surface area contributed by atoms with E-state index in [1.165, 1.54) is 0 Å². The number of aliphatic hydroxyl groups is 1. The summed E-state index contributed by atoms with van der Waals surface area (Å²) in [5, 5.41) is 8.49. The Hall–Kier alpha value is -0.740. The molecular formula is C12H16F10O. The third-order valence-corrected chi connectivity index (χ3v) is 3.39. The Bertz CT molecular complexity index is 342. The zero-order chi connectivity index (χ0) is 18.7. The lowest BCUT2D eigenvalue weighted by Crippen LogP contribution is -2.54. The predicted molar refractivity (Wildman–Crippen MR) is 60.2 cm³/mol. The van der Waals surface area contributed by atoms with Crippen molar-refractivity contribution in [3.05, 3.63) is 0 Å². The maximum Gasteiger partial charge on any atom is 0.431 e. The van der Waals surface area contributed by atoms with Gasteiger partial charge in [-0.3, -0.25) is 0 Å². The Morgan fingerprint density at radius 1 is 0.826 bits per heavy atom. The van der Waals surface area contributed by atoms with Crippen molar-refractivity contribution in [2.75, 3.05) is 6.61 Å². The van der Waals surface area contributed by atoms with Gasteiger partial charge in [-0.1, -0.05) is 6.92 Å². The maximum absolute atomic E-state index is 13.5. The quantitative estimate of drug-likeness (QED) is 0.615. The van der Waals surface area contributed by atoms with Crippen LogP contribution >= 0.6 is 0 Å². The molecule has 0 aliphatic rings. The number of hydrogen-bond donors (Lipinski definition) is 1. The largest absolute Gasteiger partial charge is 0.431 e. The summed E-state index contributed by atoms with van der Waals surface area (Å²) in [6, 6.07) is 0. The third-order valence-electron chi connectivity index (χ3n) is 3.39. The minimum atomic E-state index is -6.28. The Labute approximate surface area is 125 Å². The van der Waals surface area contributed by atoms with Gasteiger partial charge in [0.15, 0.2) is 0 Å². The zero-order valence-corrected chi connectivity index (χ0v) is 11.9. The van der Waals surface area contributed by atoms with Gasteiger partial charge in [-0.2, -0.15) is 39.5 Å². The van der Waals surface area contributed by atoms with E-state index in [9.17, 15) is 43.9 Å². The average Bonchev–Trinajstić information content (AvgIpc) is 2.29. The summed E-state index contributed by atoms with van der Waals surface area (Å²) in [4.78, 5) is 0. The summed E-state index contributed by atoms with van der Waals surface area (Å²) in [5.41, 5.74) is -5.56. The van der Waals surface area contributed by atoms with Gasteiger partial charge in [-0.15, -0.1) is 0 Å². The van der Waals surface area contributed by atoms with Gasteiger partial charge >= 0.3 is 18.5 Å². The van der Waals surface area contributed by atoms with Crippen molar-refractivity contribution in [1.29, 1.82) is 0 Å². The van der Waals surface area contributed by atoms with Crippen molar-refractivity contribution in [1.82, 2.24) is 0 Å². The van der Waals surface area contributed by atoms with E-state index in [0.29, 0.717) is 6.92 Å². The molecular weight excluding hydrogens is 350 g/mol. The molecule has 11 heteroatoms. The van der Waals surface area contributed by atoms with Crippen LogP contribution in [0, 0.1) is 11.8 Å². The molecule has 0 saturated heterocycles. The van der Waals surface area contributed by atoms with Crippen molar-refractivity contribution >= 4 is 0 Å². The van der Waals surface area contributed by atoms with E-state index in [1.54, 1.807) is 0 Å². The second-order valence-electron chi connectivity index (χ2n) is 5.45. The standard InChI is InChI=1S/C12H16F10O/c1-7(5-8(3-2-4-23)10(14,15)16)6-9(13,11(17,18)19)12(20,21)22/h7-8,23H,2-6H2,1H3. The summed E-state index contributed by atoms with van der Waals surface area (Å²) >= 11 is 0. The molecule has 0 aromatic heterocycles. The van der Waals surface area contributed by atoms with Gasteiger partial charge in [0.25, 0.3) is 5.67 Å². The van der Waals surface area contributed by atoms with Crippen molar-refractivity contribution in [2.24, 2.45) is 11.8 Å².